The lowest BCUT2D eigenvalue weighted by molar-refractivity contribution is 0.272. The van der Waals surface area contributed by atoms with E-state index < -0.39 is 46.5 Å². The molecule has 1 aliphatic rings. The van der Waals surface area contributed by atoms with Crippen molar-refractivity contribution in [2.45, 2.75) is 43.4 Å². The van der Waals surface area contributed by atoms with E-state index in [1.165, 1.54) is 35.8 Å². The van der Waals surface area contributed by atoms with Gasteiger partial charge in [-0.1, -0.05) is 49.7 Å². The molecule has 346 valence electrons. The molecule has 0 unspecified atom stereocenters. The highest BCUT2D eigenvalue weighted by Gasteiger charge is 2.26. The minimum Gasteiger partial charge on any atom is -0.494 e. The number of sulfone groups is 1. The molecular formula is C44H49F2N7O8S4. The fourth-order valence-corrected chi connectivity index (χ4v) is 10.1. The molecule has 0 aliphatic carbocycles. The molecule has 3 heterocycles. The van der Waals surface area contributed by atoms with Crippen LogP contribution in [0.25, 0.3) is 21.8 Å². The van der Waals surface area contributed by atoms with Crippen LogP contribution in [0.1, 0.15) is 35.9 Å². The van der Waals surface area contributed by atoms with Gasteiger partial charge in [0.1, 0.15) is 27.2 Å². The molecule has 1 fully saturated rings. The number of benzene rings is 4. The average Bonchev–Trinajstić information content (AvgIpc) is 3.70. The molecule has 65 heavy (non-hydrogen) atoms. The zero-order chi connectivity index (χ0) is 47.3. The van der Waals surface area contributed by atoms with Gasteiger partial charge in [0.15, 0.2) is 4.90 Å². The Kier molecular flexibility index (Phi) is 15.3. The van der Waals surface area contributed by atoms with Crippen molar-refractivity contribution in [3.8, 4) is 27.6 Å². The molecule has 0 radical (unpaired) electrons. The van der Waals surface area contributed by atoms with Crippen molar-refractivity contribution in [2.24, 2.45) is 0 Å². The third kappa shape index (κ3) is 12.6. The van der Waals surface area contributed by atoms with Gasteiger partial charge in [-0.15, -0.1) is 11.3 Å². The van der Waals surface area contributed by atoms with Crippen LogP contribution in [0.15, 0.2) is 101 Å². The van der Waals surface area contributed by atoms with Gasteiger partial charge in [-0.05, 0) is 67.9 Å². The summed E-state index contributed by atoms with van der Waals surface area (Å²) < 4.78 is 116. The number of aryl methyl sites for hydroxylation is 2. The van der Waals surface area contributed by atoms with Crippen molar-refractivity contribution in [3.63, 3.8) is 0 Å². The number of sulfonamides is 1. The van der Waals surface area contributed by atoms with E-state index >= 15 is 0 Å². The minimum absolute atomic E-state index is 0.0666. The van der Waals surface area contributed by atoms with Gasteiger partial charge >= 0.3 is 0 Å². The van der Waals surface area contributed by atoms with E-state index in [0.29, 0.717) is 40.9 Å². The second kappa shape index (κ2) is 20.3. The highest BCUT2D eigenvalue weighted by atomic mass is 32.2. The van der Waals surface area contributed by atoms with Crippen molar-refractivity contribution in [2.75, 3.05) is 66.8 Å². The minimum atomic E-state index is -4.59. The quantitative estimate of drug-likeness (QED) is 0.0889. The van der Waals surface area contributed by atoms with E-state index in [2.05, 4.69) is 24.8 Å². The van der Waals surface area contributed by atoms with Gasteiger partial charge in [0.05, 0.1) is 44.7 Å². The highest BCUT2D eigenvalue weighted by molar-refractivity contribution is 7.92. The predicted molar refractivity (Wildman–Crippen MR) is 250 cm³/mol. The van der Waals surface area contributed by atoms with Crippen molar-refractivity contribution in [3.05, 3.63) is 119 Å². The number of piperazine rings is 1. The largest absolute Gasteiger partial charge is 0.494 e. The molecule has 0 saturated carbocycles. The standard InChI is InChI=1S/C37H41F2N7O5S3.C7H8O3S/c1-23(2)36-43-33(25-8-6-9-26(21-25)44-54(49,50)35-27(38)10-7-11-28(35)39)34(52-36)29-12-13-40-37(41-29)42-30-20-24(3)31(22-32(30)51-4)46-16-14-45(15-17-46)18-19-53(5,47)48;1-6-2-4-7(5-3-6)11(8,9)10/h6-13,20-23,44H,14-19H2,1-5H3,(H,40,41,42);2-5H,1H3,(H,8,9,10). The number of nitrogens with one attached hydrogen (secondary N) is 2. The Labute approximate surface area is 382 Å². The fourth-order valence-electron chi connectivity index (χ4n) is 6.80. The molecule has 1 aliphatic heterocycles. The number of thiazole rings is 1. The van der Waals surface area contributed by atoms with Crippen molar-refractivity contribution in [1.29, 1.82) is 0 Å². The predicted octanol–water partition coefficient (Wildman–Crippen LogP) is 7.94. The van der Waals surface area contributed by atoms with Crippen LogP contribution in [0.2, 0.25) is 0 Å². The van der Waals surface area contributed by atoms with Gasteiger partial charge < -0.3 is 15.0 Å². The lowest BCUT2D eigenvalue weighted by Crippen LogP contribution is -2.47. The van der Waals surface area contributed by atoms with Crippen LogP contribution in [0.3, 0.4) is 0 Å². The molecule has 4 aromatic carbocycles. The number of methoxy groups -OCH3 is 1. The number of halogens is 2. The van der Waals surface area contributed by atoms with Crippen molar-refractivity contribution >= 4 is 64.3 Å². The first kappa shape index (κ1) is 48.9. The lowest BCUT2D eigenvalue weighted by Gasteiger charge is -2.37. The Morgan fingerprint density at radius 3 is 2.14 bits per heavy atom. The summed E-state index contributed by atoms with van der Waals surface area (Å²) in [6, 6.07) is 21.0. The van der Waals surface area contributed by atoms with E-state index in [1.54, 1.807) is 49.7 Å². The first-order valence-corrected chi connectivity index (χ1v) is 26.0. The topological polar surface area (TPSA) is 201 Å². The van der Waals surface area contributed by atoms with Crippen LogP contribution in [-0.4, -0.2) is 102 Å². The molecule has 1 saturated heterocycles. The van der Waals surface area contributed by atoms with Crippen LogP contribution in [0, 0.1) is 25.5 Å². The third-order valence-electron chi connectivity index (χ3n) is 10.2. The summed E-state index contributed by atoms with van der Waals surface area (Å²) in [5, 5.41) is 4.14. The third-order valence-corrected chi connectivity index (χ3v) is 14.8. The average molecular weight is 970 g/mol. The Morgan fingerprint density at radius 2 is 1.52 bits per heavy atom. The normalized spacial score (nSPS) is 13.6. The van der Waals surface area contributed by atoms with E-state index in [4.69, 9.17) is 19.3 Å². The maximum atomic E-state index is 14.4. The van der Waals surface area contributed by atoms with Gasteiger partial charge in [0.25, 0.3) is 20.1 Å². The molecule has 0 bridgehead atoms. The molecule has 15 nitrogen and oxygen atoms in total. The van der Waals surface area contributed by atoms with Crippen LogP contribution in [-0.2, 0) is 30.0 Å². The first-order valence-electron chi connectivity index (χ1n) is 20.2. The van der Waals surface area contributed by atoms with Gasteiger partial charge in [-0.3, -0.25) is 14.2 Å². The Balaban J connectivity index is 0.000000557. The summed E-state index contributed by atoms with van der Waals surface area (Å²) in [6.07, 6.45) is 2.89. The van der Waals surface area contributed by atoms with E-state index in [9.17, 15) is 34.0 Å². The Bertz CT molecular complexity index is 2980. The van der Waals surface area contributed by atoms with Crippen LogP contribution < -0.4 is 19.7 Å². The number of rotatable bonds is 14. The second-order valence-corrected chi connectivity index (χ2v) is 21.9. The number of hydrogen-bond acceptors (Lipinski definition) is 14. The van der Waals surface area contributed by atoms with Crippen LogP contribution >= 0.6 is 11.3 Å². The number of aromatic nitrogens is 3. The monoisotopic (exact) mass is 969 g/mol. The maximum Gasteiger partial charge on any atom is 0.294 e. The summed E-state index contributed by atoms with van der Waals surface area (Å²) in [6.45, 7) is 11.4. The van der Waals surface area contributed by atoms with E-state index in [1.807, 2.05) is 39.8 Å². The smallest absolute Gasteiger partial charge is 0.294 e. The SMILES string of the molecule is COc1cc(N2CCN(CCS(C)(=O)=O)CC2)c(C)cc1Nc1nccc(-c2sc(C(C)C)nc2-c2cccc(NS(=O)(=O)c3c(F)cccc3F)c2)n1.Cc1ccc(S(=O)(=O)O)cc1. The van der Waals surface area contributed by atoms with Crippen molar-refractivity contribution < 1.29 is 43.3 Å². The second-order valence-electron chi connectivity index (χ2n) is 15.6. The molecule has 0 spiro atoms. The molecular weight excluding hydrogens is 921 g/mol. The summed E-state index contributed by atoms with van der Waals surface area (Å²) in [4.78, 5) is 18.2. The summed E-state index contributed by atoms with van der Waals surface area (Å²) in [5.41, 5.74) is 5.46. The van der Waals surface area contributed by atoms with Crippen molar-refractivity contribution in [1.82, 2.24) is 19.9 Å². The molecule has 0 atom stereocenters. The molecule has 7 rings (SSSR count). The number of nitrogens with zero attached hydrogens (tertiary/aromatic N) is 5. The van der Waals surface area contributed by atoms with Gasteiger partial charge in [0, 0.05) is 74.1 Å². The van der Waals surface area contributed by atoms with E-state index in [0.717, 1.165) is 71.1 Å². The molecule has 2 aromatic heterocycles. The number of hydrogen-bond donors (Lipinski definition) is 3. The van der Waals surface area contributed by atoms with Gasteiger partial charge in [0.2, 0.25) is 5.95 Å². The van der Waals surface area contributed by atoms with Crippen LogP contribution in [0.5, 0.6) is 5.75 Å². The zero-order valence-electron chi connectivity index (χ0n) is 36.4. The summed E-state index contributed by atoms with van der Waals surface area (Å²) in [5.74, 6) is -1.26. The lowest BCUT2D eigenvalue weighted by atomic mass is 10.1. The Hall–Kier alpha value is -5.58. The Morgan fingerprint density at radius 1 is 0.862 bits per heavy atom. The van der Waals surface area contributed by atoms with Crippen LogP contribution in [0.4, 0.5) is 31.8 Å². The van der Waals surface area contributed by atoms with Gasteiger partial charge in [-0.2, -0.15) is 8.42 Å². The first-order chi connectivity index (χ1) is 30.6. The fraction of sp³-hybridized carbons (Fsp3) is 0.295. The van der Waals surface area contributed by atoms with E-state index in [-0.39, 0.29) is 22.3 Å². The molecule has 6 aromatic rings. The molecule has 3 N–H and O–H groups in total. The molecule has 0 amide bonds. The highest BCUT2D eigenvalue weighted by Crippen LogP contribution is 2.40. The number of anilines is 4. The maximum absolute atomic E-state index is 14.4. The summed E-state index contributed by atoms with van der Waals surface area (Å²) >= 11 is 1.45. The van der Waals surface area contributed by atoms with Gasteiger partial charge in [-0.25, -0.2) is 40.6 Å². The number of ether oxygens (including phenoxy) is 1. The zero-order valence-corrected chi connectivity index (χ0v) is 39.7. The summed E-state index contributed by atoms with van der Waals surface area (Å²) in [7, 11) is -10.0. The molecule has 21 heteroatoms.